The van der Waals surface area contributed by atoms with Crippen molar-refractivity contribution in [3.05, 3.63) is 36.1 Å². The highest BCUT2D eigenvalue weighted by molar-refractivity contribution is 8.06. The predicted octanol–water partition coefficient (Wildman–Crippen LogP) is 3.37. The lowest BCUT2D eigenvalue weighted by molar-refractivity contribution is 0.515. The van der Waals surface area contributed by atoms with Crippen LogP contribution >= 0.6 is 23.5 Å². The normalized spacial score (nSPS) is 20.3. The molecule has 1 N–H and O–H groups in total. The van der Waals surface area contributed by atoms with Gasteiger partial charge in [-0.2, -0.15) is 23.5 Å². The molecule has 3 rings (SSSR count). The Hall–Kier alpha value is -0.580. The van der Waals surface area contributed by atoms with Crippen molar-refractivity contribution in [2.24, 2.45) is 0 Å². The van der Waals surface area contributed by atoms with Gasteiger partial charge in [-0.05, 0) is 12.1 Å². The fourth-order valence-electron chi connectivity index (χ4n) is 2.13. The number of thioether (sulfide) groups is 2. The molecule has 1 fully saturated rings. The van der Waals surface area contributed by atoms with Gasteiger partial charge in [0.1, 0.15) is 11.3 Å². The minimum atomic E-state index is 0.758. The quantitative estimate of drug-likeness (QED) is 0.927. The van der Waals surface area contributed by atoms with Crippen LogP contribution in [0.4, 0.5) is 0 Å². The Labute approximate surface area is 116 Å². The lowest BCUT2D eigenvalue weighted by Crippen LogP contribution is -2.28. The number of hydrogen-bond donors (Lipinski definition) is 1. The highest BCUT2D eigenvalue weighted by atomic mass is 32.2. The van der Waals surface area contributed by atoms with Crippen LogP contribution in [0.3, 0.4) is 0 Å². The summed E-state index contributed by atoms with van der Waals surface area (Å²) in [5.74, 6) is 4.91. The van der Waals surface area contributed by atoms with E-state index >= 15 is 0 Å². The zero-order valence-corrected chi connectivity index (χ0v) is 11.9. The number of benzene rings is 1. The Morgan fingerprint density at radius 3 is 3.06 bits per heavy atom. The van der Waals surface area contributed by atoms with Crippen LogP contribution in [0, 0.1) is 0 Å². The number of fused-ring (bicyclic) bond motifs is 1. The molecule has 96 valence electrons. The molecule has 0 saturated carbocycles. The summed E-state index contributed by atoms with van der Waals surface area (Å²) in [6, 6.07) is 10.3. The maximum absolute atomic E-state index is 5.78. The van der Waals surface area contributed by atoms with Gasteiger partial charge in [0.05, 0.1) is 6.54 Å². The summed E-state index contributed by atoms with van der Waals surface area (Å²) in [5.41, 5.74) is 0.983. The summed E-state index contributed by atoms with van der Waals surface area (Å²) < 4.78 is 5.78. The number of nitrogens with one attached hydrogen (secondary N) is 1. The van der Waals surface area contributed by atoms with E-state index in [0.29, 0.717) is 0 Å². The molecule has 1 unspecified atom stereocenters. The SMILES string of the molecule is c1ccc2oc(CNCC3CSCCS3)cc2c1. The van der Waals surface area contributed by atoms with Crippen molar-refractivity contribution >= 4 is 34.5 Å². The van der Waals surface area contributed by atoms with Gasteiger partial charge < -0.3 is 9.73 Å². The van der Waals surface area contributed by atoms with E-state index in [-0.39, 0.29) is 0 Å². The van der Waals surface area contributed by atoms with Gasteiger partial charge >= 0.3 is 0 Å². The van der Waals surface area contributed by atoms with E-state index in [2.05, 4.69) is 41.0 Å². The van der Waals surface area contributed by atoms with Gasteiger partial charge in [-0.25, -0.2) is 0 Å². The lowest BCUT2D eigenvalue weighted by Gasteiger charge is -2.20. The molecule has 4 heteroatoms. The molecule has 0 spiro atoms. The van der Waals surface area contributed by atoms with Crippen LogP contribution < -0.4 is 5.32 Å². The van der Waals surface area contributed by atoms with Gasteiger partial charge in [-0.1, -0.05) is 18.2 Å². The molecule has 1 aliphatic rings. The molecular formula is C14H17NOS2. The third kappa shape index (κ3) is 3.05. The molecule has 0 aliphatic carbocycles. The van der Waals surface area contributed by atoms with E-state index in [4.69, 9.17) is 4.42 Å². The molecule has 0 amide bonds. The monoisotopic (exact) mass is 279 g/mol. The van der Waals surface area contributed by atoms with Crippen molar-refractivity contribution < 1.29 is 4.42 Å². The van der Waals surface area contributed by atoms with Crippen molar-refractivity contribution in [3.8, 4) is 0 Å². The summed E-state index contributed by atoms with van der Waals surface area (Å²) in [4.78, 5) is 0. The Bertz CT molecular complexity index is 472. The lowest BCUT2D eigenvalue weighted by atomic mass is 10.2. The summed E-state index contributed by atoms with van der Waals surface area (Å²) in [7, 11) is 0. The highest BCUT2D eigenvalue weighted by Gasteiger charge is 2.13. The molecule has 0 bridgehead atoms. The first kappa shape index (κ1) is 12.5. The fourth-order valence-corrected chi connectivity index (χ4v) is 4.78. The molecule has 18 heavy (non-hydrogen) atoms. The van der Waals surface area contributed by atoms with Gasteiger partial charge in [0.15, 0.2) is 0 Å². The van der Waals surface area contributed by atoms with Crippen LogP contribution in [-0.2, 0) is 6.54 Å². The van der Waals surface area contributed by atoms with Crippen LogP contribution in [-0.4, -0.2) is 29.1 Å². The van der Waals surface area contributed by atoms with Crippen molar-refractivity contribution in [3.63, 3.8) is 0 Å². The molecule has 2 nitrogen and oxygen atoms in total. The third-order valence-electron chi connectivity index (χ3n) is 3.03. The van der Waals surface area contributed by atoms with Crippen LogP contribution in [0.1, 0.15) is 5.76 Å². The molecular weight excluding hydrogens is 262 g/mol. The zero-order chi connectivity index (χ0) is 12.2. The Kier molecular flexibility index (Phi) is 4.18. The summed E-state index contributed by atoms with van der Waals surface area (Å²) in [6.45, 7) is 1.91. The first-order valence-corrected chi connectivity index (χ1v) is 8.50. The van der Waals surface area contributed by atoms with Crippen LogP contribution in [0.5, 0.6) is 0 Å². The van der Waals surface area contributed by atoms with Gasteiger partial charge in [0.25, 0.3) is 0 Å². The van der Waals surface area contributed by atoms with Crippen LogP contribution in [0.2, 0.25) is 0 Å². The second-order valence-corrected chi connectivity index (χ2v) is 7.01. The number of para-hydroxylation sites is 1. The second kappa shape index (κ2) is 6.04. The topological polar surface area (TPSA) is 25.2 Å². The van der Waals surface area contributed by atoms with Crippen molar-refractivity contribution in [1.29, 1.82) is 0 Å². The molecule has 0 radical (unpaired) electrons. The predicted molar refractivity (Wildman–Crippen MR) is 81.5 cm³/mol. The first-order chi connectivity index (χ1) is 8.92. The smallest absolute Gasteiger partial charge is 0.134 e. The van der Waals surface area contributed by atoms with Crippen LogP contribution in [0.25, 0.3) is 11.0 Å². The average molecular weight is 279 g/mol. The molecule has 1 atom stereocenters. The molecule has 1 aliphatic heterocycles. The highest BCUT2D eigenvalue weighted by Crippen LogP contribution is 2.23. The van der Waals surface area contributed by atoms with Gasteiger partial charge in [-0.15, -0.1) is 0 Å². The van der Waals surface area contributed by atoms with E-state index in [9.17, 15) is 0 Å². The first-order valence-electron chi connectivity index (χ1n) is 6.29. The molecule has 2 aromatic rings. The van der Waals surface area contributed by atoms with Crippen molar-refractivity contribution in [2.75, 3.05) is 23.8 Å². The number of hydrogen-bond acceptors (Lipinski definition) is 4. The molecule has 2 heterocycles. The van der Waals surface area contributed by atoms with E-state index in [0.717, 1.165) is 29.7 Å². The summed E-state index contributed by atoms with van der Waals surface area (Å²) in [5, 5.41) is 5.45. The Balaban J connectivity index is 1.53. The molecule has 1 aromatic heterocycles. The van der Waals surface area contributed by atoms with Gasteiger partial charge in [0, 0.05) is 34.4 Å². The Morgan fingerprint density at radius 1 is 1.28 bits per heavy atom. The summed E-state index contributed by atoms with van der Waals surface area (Å²) in [6.07, 6.45) is 0. The maximum Gasteiger partial charge on any atom is 0.134 e. The van der Waals surface area contributed by atoms with Crippen molar-refractivity contribution in [2.45, 2.75) is 11.8 Å². The second-order valence-electron chi connectivity index (χ2n) is 4.45. The summed E-state index contributed by atoms with van der Waals surface area (Å²) >= 11 is 4.16. The van der Waals surface area contributed by atoms with E-state index < -0.39 is 0 Å². The largest absolute Gasteiger partial charge is 0.460 e. The molecule has 1 saturated heterocycles. The standard InChI is InChI=1S/C14H17NOS2/c1-2-4-14-11(3-1)7-12(16-14)8-15-9-13-10-17-5-6-18-13/h1-4,7,13,15H,5-6,8-10H2. The minimum absolute atomic E-state index is 0.758. The van der Waals surface area contributed by atoms with E-state index in [1.54, 1.807) is 0 Å². The zero-order valence-electron chi connectivity index (χ0n) is 10.2. The molecule has 1 aromatic carbocycles. The maximum atomic E-state index is 5.78. The van der Waals surface area contributed by atoms with E-state index in [1.807, 2.05) is 18.2 Å². The Morgan fingerprint density at radius 2 is 2.22 bits per heavy atom. The minimum Gasteiger partial charge on any atom is -0.460 e. The average Bonchev–Trinajstić information content (AvgIpc) is 2.82. The third-order valence-corrected chi connectivity index (χ3v) is 5.88. The van der Waals surface area contributed by atoms with Crippen LogP contribution in [0.15, 0.2) is 34.7 Å². The van der Waals surface area contributed by atoms with Gasteiger partial charge in [-0.3, -0.25) is 0 Å². The number of furan rings is 1. The fraction of sp³-hybridized carbons (Fsp3) is 0.429. The number of rotatable bonds is 4. The van der Waals surface area contributed by atoms with E-state index in [1.165, 1.54) is 22.6 Å². The van der Waals surface area contributed by atoms with Crippen molar-refractivity contribution in [1.82, 2.24) is 5.32 Å². The van der Waals surface area contributed by atoms with Gasteiger partial charge in [0.2, 0.25) is 0 Å².